The number of nitro groups is 1. The molecule has 1 rings (SSSR count). The maximum atomic E-state index is 10.7. The molecular formula is C11H15NO2. The largest absolute Gasteiger partial charge is 0.272 e. The summed E-state index contributed by atoms with van der Waals surface area (Å²) in [7, 11) is 0. The van der Waals surface area contributed by atoms with Gasteiger partial charge in [0.05, 0.1) is 4.92 Å². The molecule has 3 heteroatoms. The first kappa shape index (κ1) is 10.7. The topological polar surface area (TPSA) is 43.1 Å². The van der Waals surface area contributed by atoms with Gasteiger partial charge in [-0.3, -0.25) is 10.1 Å². The Hall–Kier alpha value is -1.38. The molecule has 0 bridgehead atoms. The predicted molar refractivity (Wildman–Crippen MR) is 56.5 cm³/mol. The van der Waals surface area contributed by atoms with Crippen molar-refractivity contribution in [2.45, 2.75) is 33.1 Å². The van der Waals surface area contributed by atoms with E-state index in [-0.39, 0.29) is 16.0 Å². The van der Waals surface area contributed by atoms with Crippen LogP contribution in [0.3, 0.4) is 0 Å². The van der Waals surface area contributed by atoms with Gasteiger partial charge < -0.3 is 0 Å². The Bertz CT molecular complexity index is 364. The van der Waals surface area contributed by atoms with E-state index in [1.807, 2.05) is 6.07 Å². The van der Waals surface area contributed by atoms with Crippen LogP contribution in [0.15, 0.2) is 18.2 Å². The van der Waals surface area contributed by atoms with Crippen LogP contribution in [0.2, 0.25) is 0 Å². The molecule has 0 saturated carbocycles. The highest BCUT2D eigenvalue weighted by Gasteiger charge is 2.21. The van der Waals surface area contributed by atoms with E-state index in [4.69, 9.17) is 0 Å². The normalized spacial score (nSPS) is 11.4. The molecule has 0 aliphatic rings. The standard InChI is InChI=1S/C11H15NO2/c1-8-9(11(2,3)4)6-5-7-10(8)12(13)14/h5-7H,1-4H3. The highest BCUT2D eigenvalue weighted by atomic mass is 16.6. The second kappa shape index (κ2) is 3.40. The van der Waals surface area contributed by atoms with Gasteiger partial charge in [0.2, 0.25) is 0 Å². The van der Waals surface area contributed by atoms with E-state index in [0.29, 0.717) is 0 Å². The lowest BCUT2D eigenvalue weighted by Crippen LogP contribution is -2.13. The summed E-state index contributed by atoms with van der Waals surface area (Å²) in [6.07, 6.45) is 0. The van der Waals surface area contributed by atoms with Gasteiger partial charge in [-0.05, 0) is 17.9 Å². The summed E-state index contributed by atoms with van der Waals surface area (Å²) >= 11 is 0. The number of rotatable bonds is 1. The fourth-order valence-corrected chi connectivity index (χ4v) is 1.63. The lowest BCUT2D eigenvalue weighted by molar-refractivity contribution is -0.385. The molecule has 0 heterocycles. The van der Waals surface area contributed by atoms with Crippen LogP contribution in [-0.4, -0.2) is 4.92 Å². The monoisotopic (exact) mass is 193 g/mol. The Kier molecular flexibility index (Phi) is 2.60. The quantitative estimate of drug-likeness (QED) is 0.507. The summed E-state index contributed by atoms with van der Waals surface area (Å²) in [6, 6.07) is 5.23. The molecule has 1 aromatic rings. The molecule has 0 amide bonds. The molecule has 0 N–H and O–H groups in total. The van der Waals surface area contributed by atoms with Crippen LogP contribution in [0.4, 0.5) is 5.69 Å². The second-order valence-electron chi connectivity index (χ2n) is 4.46. The van der Waals surface area contributed by atoms with E-state index in [1.54, 1.807) is 19.1 Å². The van der Waals surface area contributed by atoms with Gasteiger partial charge in [-0.15, -0.1) is 0 Å². The summed E-state index contributed by atoms with van der Waals surface area (Å²) in [4.78, 5) is 10.4. The van der Waals surface area contributed by atoms with Crippen LogP contribution in [0.5, 0.6) is 0 Å². The molecule has 0 radical (unpaired) electrons. The third-order valence-electron chi connectivity index (χ3n) is 2.31. The zero-order chi connectivity index (χ0) is 10.9. The first-order valence-corrected chi connectivity index (χ1v) is 4.58. The summed E-state index contributed by atoms with van der Waals surface area (Å²) in [6.45, 7) is 7.97. The van der Waals surface area contributed by atoms with E-state index in [9.17, 15) is 10.1 Å². The molecular weight excluding hydrogens is 178 g/mol. The minimum Gasteiger partial charge on any atom is -0.258 e. The lowest BCUT2D eigenvalue weighted by Gasteiger charge is -2.21. The first-order valence-electron chi connectivity index (χ1n) is 4.58. The summed E-state index contributed by atoms with van der Waals surface area (Å²) in [5.74, 6) is 0. The Balaban J connectivity index is 3.35. The van der Waals surface area contributed by atoms with Crippen LogP contribution in [-0.2, 0) is 5.41 Å². The van der Waals surface area contributed by atoms with Gasteiger partial charge in [0.1, 0.15) is 0 Å². The fourth-order valence-electron chi connectivity index (χ4n) is 1.63. The number of benzene rings is 1. The molecule has 0 aromatic heterocycles. The van der Waals surface area contributed by atoms with Crippen molar-refractivity contribution in [1.29, 1.82) is 0 Å². The van der Waals surface area contributed by atoms with Crippen LogP contribution in [0.25, 0.3) is 0 Å². The lowest BCUT2D eigenvalue weighted by atomic mass is 9.84. The van der Waals surface area contributed by atoms with Crippen molar-refractivity contribution in [3.63, 3.8) is 0 Å². The minimum absolute atomic E-state index is 0.0455. The number of hydrogen-bond acceptors (Lipinski definition) is 2. The number of hydrogen-bond donors (Lipinski definition) is 0. The van der Waals surface area contributed by atoms with Crippen molar-refractivity contribution in [3.8, 4) is 0 Å². The van der Waals surface area contributed by atoms with E-state index in [2.05, 4.69) is 20.8 Å². The van der Waals surface area contributed by atoms with Crippen LogP contribution in [0, 0.1) is 17.0 Å². The Morgan fingerprint density at radius 2 is 1.86 bits per heavy atom. The van der Waals surface area contributed by atoms with Crippen LogP contribution < -0.4 is 0 Å². The van der Waals surface area contributed by atoms with Gasteiger partial charge in [0.15, 0.2) is 0 Å². The predicted octanol–water partition coefficient (Wildman–Crippen LogP) is 3.20. The Morgan fingerprint density at radius 1 is 1.29 bits per heavy atom. The molecule has 0 fully saturated rings. The average Bonchev–Trinajstić information content (AvgIpc) is 2.01. The summed E-state index contributed by atoms with van der Waals surface area (Å²) < 4.78 is 0. The zero-order valence-corrected chi connectivity index (χ0v) is 9.00. The highest BCUT2D eigenvalue weighted by Crippen LogP contribution is 2.30. The van der Waals surface area contributed by atoms with Gasteiger partial charge in [-0.25, -0.2) is 0 Å². The molecule has 0 spiro atoms. The minimum atomic E-state index is -0.329. The molecule has 1 aromatic carbocycles. The third-order valence-corrected chi connectivity index (χ3v) is 2.31. The van der Waals surface area contributed by atoms with Crippen molar-refractivity contribution < 1.29 is 4.92 Å². The number of nitro benzene ring substituents is 1. The SMILES string of the molecule is Cc1c([N+](=O)[O-])cccc1C(C)(C)C. The van der Waals surface area contributed by atoms with Crippen molar-refractivity contribution in [3.05, 3.63) is 39.4 Å². The molecule has 0 unspecified atom stereocenters. The van der Waals surface area contributed by atoms with Crippen molar-refractivity contribution >= 4 is 5.69 Å². The maximum Gasteiger partial charge on any atom is 0.272 e. The number of nitrogens with zero attached hydrogens (tertiary/aromatic N) is 1. The van der Waals surface area contributed by atoms with Crippen LogP contribution in [0.1, 0.15) is 31.9 Å². The highest BCUT2D eigenvalue weighted by molar-refractivity contribution is 5.46. The summed E-state index contributed by atoms with van der Waals surface area (Å²) in [5.41, 5.74) is 1.96. The average molecular weight is 193 g/mol. The maximum absolute atomic E-state index is 10.7. The molecule has 76 valence electrons. The summed E-state index contributed by atoms with van der Waals surface area (Å²) in [5, 5.41) is 10.7. The molecule has 0 atom stereocenters. The molecule has 14 heavy (non-hydrogen) atoms. The van der Waals surface area contributed by atoms with Gasteiger partial charge in [0, 0.05) is 11.6 Å². The van der Waals surface area contributed by atoms with Crippen molar-refractivity contribution in [2.75, 3.05) is 0 Å². The van der Waals surface area contributed by atoms with E-state index < -0.39 is 0 Å². The van der Waals surface area contributed by atoms with Gasteiger partial charge in [0.25, 0.3) is 5.69 Å². The molecule has 3 nitrogen and oxygen atoms in total. The Morgan fingerprint density at radius 3 is 2.29 bits per heavy atom. The molecule has 0 aliphatic carbocycles. The van der Waals surface area contributed by atoms with E-state index in [1.165, 1.54) is 0 Å². The van der Waals surface area contributed by atoms with E-state index in [0.717, 1.165) is 11.1 Å². The first-order chi connectivity index (χ1) is 6.34. The van der Waals surface area contributed by atoms with Crippen LogP contribution >= 0.6 is 0 Å². The smallest absolute Gasteiger partial charge is 0.258 e. The van der Waals surface area contributed by atoms with Crippen molar-refractivity contribution in [2.24, 2.45) is 0 Å². The zero-order valence-electron chi connectivity index (χ0n) is 9.00. The van der Waals surface area contributed by atoms with Gasteiger partial charge in [-0.1, -0.05) is 32.9 Å². The molecule has 0 aliphatic heterocycles. The van der Waals surface area contributed by atoms with E-state index >= 15 is 0 Å². The second-order valence-corrected chi connectivity index (χ2v) is 4.46. The van der Waals surface area contributed by atoms with Gasteiger partial charge >= 0.3 is 0 Å². The van der Waals surface area contributed by atoms with Gasteiger partial charge in [-0.2, -0.15) is 0 Å². The fraction of sp³-hybridized carbons (Fsp3) is 0.455. The molecule has 0 saturated heterocycles. The Labute approximate surface area is 83.9 Å². The third kappa shape index (κ3) is 1.92. The van der Waals surface area contributed by atoms with Crippen molar-refractivity contribution in [1.82, 2.24) is 0 Å².